The maximum Gasteiger partial charge on any atom is 0.0591 e. The third-order valence-corrected chi connectivity index (χ3v) is 2.92. The molecule has 0 aromatic heterocycles. The normalized spacial score (nSPS) is 12.9. The number of nitrogens with one attached hydrogen (secondary N) is 2. The highest BCUT2D eigenvalue weighted by molar-refractivity contribution is 4.58. The Morgan fingerprint density at radius 2 is 1.75 bits per heavy atom. The van der Waals surface area contributed by atoms with Crippen LogP contribution in [0.1, 0.15) is 39.5 Å². The summed E-state index contributed by atoms with van der Waals surface area (Å²) in [7, 11) is 1.94. The Labute approximate surface area is 101 Å². The summed E-state index contributed by atoms with van der Waals surface area (Å²) in [5.74, 6) is 0.905. The lowest BCUT2D eigenvalue weighted by molar-refractivity contribution is 0.138. The summed E-state index contributed by atoms with van der Waals surface area (Å²) < 4.78 is 5.43. The van der Waals surface area contributed by atoms with Crippen LogP contribution in [-0.2, 0) is 4.74 Å². The van der Waals surface area contributed by atoms with Crippen molar-refractivity contribution in [3.05, 3.63) is 0 Å². The minimum Gasteiger partial charge on any atom is -0.379 e. The van der Waals surface area contributed by atoms with Crippen molar-refractivity contribution in [1.29, 1.82) is 0 Å². The first-order valence-electron chi connectivity index (χ1n) is 6.78. The van der Waals surface area contributed by atoms with Gasteiger partial charge in [0.05, 0.1) is 13.2 Å². The molecule has 2 N–H and O–H groups in total. The van der Waals surface area contributed by atoms with E-state index < -0.39 is 0 Å². The predicted molar refractivity (Wildman–Crippen MR) is 70.9 cm³/mol. The molecule has 0 amide bonds. The molecule has 0 heterocycles. The highest BCUT2D eigenvalue weighted by Crippen LogP contribution is 2.13. The van der Waals surface area contributed by atoms with Crippen LogP contribution in [0.5, 0.6) is 0 Å². The Bertz CT molecular complexity index is 131. The lowest BCUT2D eigenvalue weighted by Gasteiger charge is -2.13. The van der Waals surface area contributed by atoms with Gasteiger partial charge in [-0.05, 0) is 25.9 Å². The summed E-state index contributed by atoms with van der Waals surface area (Å²) in [5, 5.41) is 6.50. The standard InChI is InChI=1S/C13H30N2O/c1-4-6-13(5-2)7-8-15-10-12-16-11-9-14-3/h13-15H,4-12H2,1-3H3/t13-/m0/s1. The summed E-state index contributed by atoms with van der Waals surface area (Å²) in [6.07, 6.45) is 5.30. The summed E-state index contributed by atoms with van der Waals surface area (Å²) >= 11 is 0. The van der Waals surface area contributed by atoms with Gasteiger partial charge in [-0.2, -0.15) is 0 Å². The molecule has 0 bridgehead atoms. The minimum absolute atomic E-state index is 0.811. The van der Waals surface area contributed by atoms with Crippen LogP contribution in [-0.4, -0.2) is 39.9 Å². The molecule has 0 aromatic rings. The zero-order valence-electron chi connectivity index (χ0n) is 11.3. The van der Waals surface area contributed by atoms with Crippen molar-refractivity contribution in [3.8, 4) is 0 Å². The number of rotatable bonds is 12. The van der Waals surface area contributed by atoms with E-state index in [-0.39, 0.29) is 0 Å². The van der Waals surface area contributed by atoms with Crippen molar-refractivity contribution in [1.82, 2.24) is 10.6 Å². The van der Waals surface area contributed by atoms with Gasteiger partial charge in [0.1, 0.15) is 0 Å². The molecule has 16 heavy (non-hydrogen) atoms. The Kier molecular flexibility index (Phi) is 12.9. The van der Waals surface area contributed by atoms with Gasteiger partial charge in [-0.25, -0.2) is 0 Å². The zero-order valence-corrected chi connectivity index (χ0v) is 11.3. The molecule has 0 fully saturated rings. The summed E-state index contributed by atoms with van der Waals surface area (Å²) in [5.41, 5.74) is 0. The van der Waals surface area contributed by atoms with Crippen LogP contribution in [0.2, 0.25) is 0 Å². The van der Waals surface area contributed by atoms with Gasteiger partial charge in [-0.3, -0.25) is 0 Å². The van der Waals surface area contributed by atoms with Gasteiger partial charge in [-0.15, -0.1) is 0 Å². The Morgan fingerprint density at radius 1 is 1.00 bits per heavy atom. The largest absolute Gasteiger partial charge is 0.379 e. The molecule has 0 aliphatic carbocycles. The van der Waals surface area contributed by atoms with E-state index in [0.29, 0.717) is 0 Å². The van der Waals surface area contributed by atoms with Crippen LogP contribution < -0.4 is 10.6 Å². The Hall–Kier alpha value is -0.120. The maximum absolute atomic E-state index is 5.43. The third kappa shape index (κ3) is 10.4. The second kappa shape index (κ2) is 12.9. The van der Waals surface area contributed by atoms with Crippen molar-refractivity contribution in [3.63, 3.8) is 0 Å². The lowest BCUT2D eigenvalue weighted by atomic mass is 9.97. The summed E-state index contributed by atoms with van der Waals surface area (Å²) in [6, 6.07) is 0. The highest BCUT2D eigenvalue weighted by Gasteiger charge is 2.03. The van der Waals surface area contributed by atoms with E-state index >= 15 is 0 Å². The van der Waals surface area contributed by atoms with Crippen LogP contribution in [0.3, 0.4) is 0 Å². The van der Waals surface area contributed by atoms with Crippen molar-refractivity contribution < 1.29 is 4.74 Å². The number of hydrogen-bond donors (Lipinski definition) is 2. The molecular weight excluding hydrogens is 200 g/mol. The van der Waals surface area contributed by atoms with Gasteiger partial charge in [0.2, 0.25) is 0 Å². The van der Waals surface area contributed by atoms with Gasteiger partial charge in [0, 0.05) is 13.1 Å². The van der Waals surface area contributed by atoms with Gasteiger partial charge < -0.3 is 15.4 Å². The van der Waals surface area contributed by atoms with Crippen LogP contribution in [0.25, 0.3) is 0 Å². The fraction of sp³-hybridized carbons (Fsp3) is 1.00. The summed E-state index contributed by atoms with van der Waals surface area (Å²) in [4.78, 5) is 0. The van der Waals surface area contributed by atoms with Gasteiger partial charge in [0.25, 0.3) is 0 Å². The summed E-state index contributed by atoms with van der Waals surface area (Å²) in [6.45, 7) is 9.25. The molecule has 0 saturated carbocycles. The van der Waals surface area contributed by atoms with Crippen molar-refractivity contribution in [2.45, 2.75) is 39.5 Å². The van der Waals surface area contributed by atoms with Crippen LogP contribution in [0.4, 0.5) is 0 Å². The highest BCUT2D eigenvalue weighted by atomic mass is 16.5. The molecule has 1 atom stereocenters. The monoisotopic (exact) mass is 230 g/mol. The second-order valence-corrected chi connectivity index (χ2v) is 4.32. The van der Waals surface area contributed by atoms with Crippen LogP contribution >= 0.6 is 0 Å². The van der Waals surface area contributed by atoms with Crippen LogP contribution in [0.15, 0.2) is 0 Å². The smallest absolute Gasteiger partial charge is 0.0591 e. The predicted octanol–water partition coefficient (Wildman–Crippen LogP) is 2.03. The first-order valence-corrected chi connectivity index (χ1v) is 6.78. The van der Waals surface area contributed by atoms with E-state index in [1.807, 2.05) is 7.05 Å². The number of hydrogen-bond acceptors (Lipinski definition) is 3. The molecule has 0 rings (SSSR count). The van der Waals surface area contributed by atoms with Gasteiger partial charge >= 0.3 is 0 Å². The fourth-order valence-corrected chi connectivity index (χ4v) is 1.81. The first kappa shape index (κ1) is 15.9. The van der Waals surface area contributed by atoms with E-state index in [1.54, 1.807) is 0 Å². The van der Waals surface area contributed by atoms with E-state index in [9.17, 15) is 0 Å². The van der Waals surface area contributed by atoms with E-state index in [1.165, 1.54) is 25.7 Å². The molecule has 0 aliphatic rings. The average Bonchev–Trinajstić information content (AvgIpc) is 2.31. The SMILES string of the molecule is CCC[C@H](CC)CCNCCOCCNC. The molecule has 0 radical (unpaired) electrons. The second-order valence-electron chi connectivity index (χ2n) is 4.32. The molecule has 98 valence electrons. The molecule has 0 spiro atoms. The third-order valence-electron chi connectivity index (χ3n) is 2.92. The number of likely N-dealkylation sites (N-methyl/N-ethyl adjacent to an activating group) is 1. The van der Waals surface area contributed by atoms with Gasteiger partial charge in [-0.1, -0.05) is 33.1 Å². The van der Waals surface area contributed by atoms with Crippen molar-refractivity contribution >= 4 is 0 Å². The first-order chi connectivity index (χ1) is 7.85. The lowest BCUT2D eigenvalue weighted by Crippen LogP contribution is -2.24. The molecule has 0 aromatic carbocycles. The van der Waals surface area contributed by atoms with E-state index in [4.69, 9.17) is 4.74 Å². The molecule has 3 heteroatoms. The molecule has 0 aliphatic heterocycles. The fourth-order valence-electron chi connectivity index (χ4n) is 1.81. The minimum atomic E-state index is 0.811. The quantitative estimate of drug-likeness (QED) is 0.503. The molecule has 0 unspecified atom stereocenters. The average molecular weight is 230 g/mol. The van der Waals surface area contributed by atoms with Crippen molar-refractivity contribution in [2.24, 2.45) is 5.92 Å². The molecular formula is C13H30N2O. The Morgan fingerprint density at radius 3 is 2.38 bits per heavy atom. The zero-order chi connectivity index (χ0) is 12.1. The topological polar surface area (TPSA) is 33.3 Å². The van der Waals surface area contributed by atoms with Gasteiger partial charge in [0.15, 0.2) is 0 Å². The molecule has 0 saturated heterocycles. The van der Waals surface area contributed by atoms with Crippen molar-refractivity contribution in [2.75, 3.05) is 39.9 Å². The van der Waals surface area contributed by atoms with E-state index in [0.717, 1.165) is 38.8 Å². The number of ether oxygens (including phenoxy) is 1. The Balaban J connectivity index is 3.12. The van der Waals surface area contributed by atoms with E-state index in [2.05, 4.69) is 24.5 Å². The maximum atomic E-state index is 5.43. The van der Waals surface area contributed by atoms with Crippen LogP contribution in [0, 0.1) is 5.92 Å². The molecule has 3 nitrogen and oxygen atoms in total.